The van der Waals surface area contributed by atoms with E-state index in [2.05, 4.69) is 6.92 Å². The van der Waals surface area contributed by atoms with Crippen LogP contribution < -0.4 is 23.8 Å². The van der Waals surface area contributed by atoms with Crippen LogP contribution in [0.1, 0.15) is 22.7 Å². The first-order valence-corrected chi connectivity index (χ1v) is 10.4. The Bertz CT molecular complexity index is 1130. The fourth-order valence-electron chi connectivity index (χ4n) is 3.90. The van der Waals surface area contributed by atoms with E-state index in [0.717, 1.165) is 22.6 Å². The molecule has 1 fully saturated rings. The minimum atomic E-state index is -0.664. The molecule has 0 radical (unpaired) electrons. The molecule has 0 aliphatic carbocycles. The van der Waals surface area contributed by atoms with Crippen molar-refractivity contribution in [3.63, 3.8) is 0 Å². The zero-order chi connectivity index (χ0) is 22.8. The Morgan fingerprint density at radius 2 is 1.41 bits per heavy atom. The van der Waals surface area contributed by atoms with Crippen molar-refractivity contribution in [1.82, 2.24) is 0 Å². The first-order chi connectivity index (χ1) is 15.5. The molecule has 0 spiro atoms. The van der Waals surface area contributed by atoms with Gasteiger partial charge in [-0.2, -0.15) is 0 Å². The Kier molecular flexibility index (Phi) is 5.95. The van der Waals surface area contributed by atoms with Gasteiger partial charge in [-0.05, 0) is 79.1 Å². The van der Waals surface area contributed by atoms with Crippen molar-refractivity contribution in [3.8, 4) is 23.0 Å². The maximum atomic E-state index is 13.3. The average molecular weight is 434 g/mol. The number of amides is 1. The third kappa shape index (κ3) is 3.84. The van der Waals surface area contributed by atoms with E-state index in [0.29, 0.717) is 17.2 Å². The summed E-state index contributed by atoms with van der Waals surface area (Å²) >= 11 is 0. The van der Waals surface area contributed by atoms with E-state index in [1.165, 1.54) is 5.56 Å². The lowest BCUT2D eigenvalue weighted by atomic mass is 9.89. The van der Waals surface area contributed by atoms with Gasteiger partial charge < -0.3 is 18.9 Å². The van der Waals surface area contributed by atoms with E-state index in [-0.39, 0.29) is 11.9 Å². The van der Waals surface area contributed by atoms with Crippen LogP contribution in [-0.4, -0.2) is 33.3 Å². The molecule has 0 saturated carbocycles. The number of anilines is 1. The molecule has 1 heterocycles. The Morgan fingerprint density at radius 1 is 0.719 bits per heavy atom. The molecule has 32 heavy (non-hydrogen) atoms. The second-order valence-electron chi connectivity index (χ2n) is 7.75. The van der Waals surface area contributed by atoms with Crippen LogP contribution in [-0.2, 0) is 4.79 Å². The molecule has 6 nitrogen and oxygen atoms in total. The molecule has 0 aromatic heterocycles. The maximum absolute atomic E-state index is 13.3. The molecule has 0 N–H and O–H groups in total. The molecule has 1 amide bonds. The third-order valence-corrected chi connectivity index (χ3v) is 5.89. The quantitative estimate of drug-likeness (QED) is 0.498. The number of methoxy groups -OCH3 is 3. The van der Waals surface area contributed by atoms with Crippen LogP contribution in [0.2, 0.25) is 0 Å². The highest BCUT2D eigenvalue weighted by Crippen LogP contribution is 2.43. The smallest absolute Gasteiger partial charge is 0.271 e. The molecular weight excluding hydrogens is 406 g/mol. The summed E-state index contributed by atoms with van der Waals surface area (Å²) in [6.45, 7) is 4.10. The van der Waals surface area contributed by atoms with E-state index < -0.39 is 6.10 Å². The lowest BCUT2D eigenvalue weighted by molar-refractivity contribution is -0.135. The van der Waals surface area contributed by atoms with Crippen LogP contribution >= 0.6 is 0 Å². The van der Waals surface area contributed by atoms with E-state index >= 15 is 0 Å². The van der Waals surface area contributed by atoms with Crippen LogP contribution in [0.5, 0.6) is 23.0 Å². The number of carbonyl (C=O) groups is 1. The molecule has 2 atom stereocenters. The Morgan fingerprint density at radius 3 is 2.03 bits per heavy atom. The van der Waals surface area contributed by atoms with Crippen molar-refractivity contribution in [2.24, 2.45) is 0 Å². The molecule has 3 aromatic carbocycles. The van der Waals surface area contributed by atoms with Gasteiger partial charge in [0.2, 0.25) is 6.10 Å². The number of β-lactam (4-membered cyclic amide) rings is 1. The zero-order valence-corrected chi connectivity index (χ0v) is 18.9. The van der Waals surface area contributed by atoms with Crippen LogP contribution in [0, 0.1) is 13.8 Å². The summed E-state index contributed by atoms with van der Waals surface area (Å²) in [5.74, 6) is 2.48. The third-order valence-electron chi connectivity index (χ3n) is 5.89. The zero-order valence-electron chi connectivity index (χ0n) is 18.9. The summed E-state index contributed by atoms with van der Waals surface area (Å²) in [5.41, 5.74) is 4.04. The summed E-state index contributed by atoms with van der Waals surface area (Å²) in [6, 6.07) is 18.6. The largest absolute Gasteiger partial charge is 0.497 e. The van der Waals surface area contributed by atoms with Crippen LogP contribution in [0.15, 0.2) is 60.7 Å². The number of hydrogen-bond donors (Lipinski definition) is 0. The highest BCUT2D eigenvalue weighted by molar-refractivity contribution is 6.05. The number of carbonyl (C=O) groups excluding carboxylic acids is 1. The van der Waals surface area contributed by atoms with Gasteiger partial charge in [0.15, 0.2) is 11.5 Å². The van der Waals surface area contributed by atoms with Crippen molar-refractivity contribution < 1.29 is 23.7 Å². The van der Waals surface area contributed by atoms with E-state index in [4.69, 9.17) is 18.9 Å². The number of ether oxygens (including phenoxy) is 4. The standard InChI is InChI=1S/C26H27NO5/c1-16-6-8-19(14-17(16)2)27-24(18-7-13-22(30-4)23(15-18)31-5)25(26(27)28)32-21-11-9-20(29-3)10-12-21/h6-15,24-25H,1-5H3/t24-,25+/m1/s1. The average Bonchev–Trinajstić information content (AvgIpc) is 2.82. The predicted molar refractivity (Wildman–Crippen MR) is 123 cm³/mol. The Hall–Kier alpha value is -3.67. The van der Waals surface area contributed by atoms with Gasteiger partial charge >= 0.3 is 0 Å². The Labute approximate surface area is 188 Å². The minimum absolute atomic E-state index is 0.0937. The lowest BCUT2D eigenvalue weighted by Gasteiger charge is -2.47. The summed E-state index contributed by atoms with van der Waals surface area (Å²) in [6.07, 6.45) is -0.664. The van der Waals surface area contributed by atoms with Crippen molar-refractivity contribution in [3.05, 3.63) is 77.4 Å². The number of benzene rings is 3. The molecule has 1 aliphatic heterocycles. The van der Waals surface area contributed by atoms with Crippen molar-refractivity contribution in [2.45, 2.75) is 26.0 Å². The summed E-state index contributed by atoms with van der Waals surface area (Å²) in [5, 5.41) is 0. The van der Waals surface area contributed by atoms with Crippen molar-refractivity contribution in [1.29, 1.82) is 0 Å². The molecular formula is C26H27NO5. The molecule has 4 rings (SSSR count). The molecule has 166 valence electrons. The van der Waals surface area contributed by atoms with E-state index in [9.17, 15) is 4.79 Å². The lowest BCUT2D eigenvalue weighted by Crippen LogP contribution is -2.61. The second-order valence-corrected chi connectivity index (χ2v) is 7.75. The van der Waals surface area contributed by atoms with Gasteiger partial charge in [0.1, 0.15) is 17.5 Å². The molecule has 0 unspecified atom stereocenters. The Balaban J connectivity index is 1.72. The number of rotatable bonds is 7. The van der Waals surface area contributed by atoms with Crippen molar-refractivity contribution in [2.75, 3.05) is 26.2 Å². The number of nitrogens with zero attached hydrogens (tertiary/aromatic N) is 1. The highest BCUT2D eigenvalue weighted by Gasteiger charge is 2.51. The van der Waals surface area contributed by atoms with Gasteiger partial charge in [0, 0.05) is 5.69 Å². The summed E-state index contributed by atoms with van der Waals surface area (Å²) in [7, 11) is 4.81. The van der Waals surface area contributed by atoms with Gasteiger partial charge in [0.25, 0.3) is 5.91 Å². The number of hydrogen-bond acceptors (Lipinski definition) is 5. The number of aryl methyl sites for hydroxylation is 2. The first-order valence-electron chi connectivity index (χ1n) is 10.4. The first kappa shape index (κ1) is 21.6. The van der Waals surface area contributed by atoms with Crippen LogP contribution in [0.4, 0.5) is 5.69 Å². The maximum Gasteiger partial charge on any atom is 0.271 e. The summed E-state index contributed by atoms with van der Waals surface area (Å²) in [4.78, 5) is 15.0. The van der Waals surface area contributed by atoms with Gasteiger partial charge in [-0.3, -0.25) is 9.69 Å². The predicted octanol–water partition coefficient (Wildman–Crippen LogP) is 4.86. The van der Waals surface area contributed by atoms with Gasteiger partial charge in [-0.15, -0.1) is 0 Å². The molecule has 1 saturated heterocycles. The fraction of sp³-hybridized carbons (Fsp3) is 0.269. The van der Waals surface area contributed by atoms with Gasteiger partial charge in [0.05, 0.1) is 21.3 Å². The van der Waals surface area contributed by atoms with Gasteiger partial charge in [-0.1, -0.05) is 12.1 Å². The second kappa shape index (κ2) is 8.83. The van der Waals surface area contributed by atoms with Crippen LogP contribution in [0.25, 0.3) is 0 Å². The summed E-state index contributed by atoms with van der Waals surface area (Å²) < 4.78 is 22.2. The van der Waals surface area contributed by atoms with E-state index in [1.54, 1.807) is 38.4 Å². The van der Waals surface area contributed by atoms with Crippen LogP contribution in [0.3, 0.4) is 0 Å². The molecule has 1 aliphatic rings. The molecule has 3 aromatic rings. The van der Waals surface area contributed by atoms with E-state index in [1.807, 2.05) is 55.5 Å². The molecule has 0 bridgehead atoms. The van der Waals surface area contributed by atoms with Gasteiger partial charge in [-0.25, -0.2) is 0 Å². The monoisotopic (exact) mass is 433 g/mol. The van der Waals surface area contributed by atoms with Crippen molar-refractivity contribution >= 4 is 11.6 Å². The minimum Gasteiger partial charge on any atom is -0.497 e. The fourth-order valence-corrected chi connectivity index (χ4v) is 3.90. The topological polar surface area (TPSA) is 57.2 Å². The SMILES string of the molecule is COc1ccc(O[C@@H]2C(=O)N(c3ccc(C)c(C)c3)[C@@H]2c2ccc(OC)c(OC)c2)cc1. The highest BCUT2D eigenvalue weighted by atomic mass is 16.5. The normalized spacial score (nSPS) is 17.5. The molecule has 6 heteroatoms.